The fraction of sp³-hybridized carbons (Fsp3) is 0.214. The lowest BCUT2D eigenvalue weighted by atomic mass is 10.1. The Morgan fingerprint density at radius 2 is 1.69 bits per heavy atom. The van der Waals surface area contributed by atoms with E-state index in [1.165, 1.54) is 21.3 Å². The maximum atomic E-state index is 12.2. The van der Waals surface area contributed by atoms with Crippen molar-refractivity contribution < 1.29 is 33.3 Å². The molecule has 0 atom stereocenters. The summed E-state index contributed by atoms with van der Waals surface area (Å²) in [6.07, 6.45) is 1.56. The minimum Gasteiger partial charge on any atom is -0.497 e. The average molecular weight is 550 g/mol. The summed E-state index contributed by atoms with van der Waals surface area (Å²) in [5.41, 5.74) is 4.94. The van der Waals surface area contributed by atoms with Crippen LogP contribution in [0.5, 0.6) is 11.5 Å². The number of hydrogen-bond acceptors (Lipinski definition) is 9. The molecule has 2 aromatic carbocycles. The molecule has 39 heavy (non-hydrogen) atoms. The summed E-state index contributed by atoms with van der Waals surface area (Å²) in [6.45, 7) is 5.64. The Labute approximate surface area is 229 Å². The summed E-state index contributed by atoms with van der Waals surface area (Å²) in [5, 5.41) is 18.1. The summed E-state index contributed by atoms with van der Waals surface area (Å²) in [6, 6.07) is 12.4. The first-order valence-electron chi connectivity index (χ1n) is 11.7. The van der Waals surface area contributed by atoms with Gasteiger partial charge in [-0.05, 0) is 80.1 Å². The van der Waals surface area contributed by atoms with Gasteiger partial charge in [-0.15, -0.1) is 10.2 Å². The van der Waals surface area contributed by atoms with Crippen LogP contribution in [0.15, 0.2) is 57.0 Å². The second-order valence-electron chi connectivity index (χ2n) is 8.49. The molecule has 0 saturated heterocycles. The van der Waals surface area contributed by atoms with E-state index in [2.05, 4.69) is 10.2 Å². The number of methoxy groups -OCH3 is 3. The molecule has 0 bridgehead atoms. The van der Waals surface area contributed by atoms with Crippen LogP contribution in [0.4, 0.5) is 0 Å². The number of carbonyl (C=O) groups excluding carboxylic acids is 1. The molecule has 0 aliphatic heterocycles. The summed E-state index contributed by atoms with van der Waals surface area (Å²) in [4.78, 5) is 24.4. The number of nitrogens with zero attached hydrogens (tertiary/aromatic N) is 3. The van der Waals surface area contributed by atoms with E-state index in [-0.39, 0.29) is 16.0 Å². The normalized spacial score (nSPS) is 11.4. The van der Waals surface area contributed by atoms with Gasteiger partial charge in [0.2, 0.25) is 5.89 Å². The van der Waals surface area contributed by atoms with Crippen molar-refractivity contribution in [2.45, 2.75) is 26.0 Å². The summed E-state index contributed by atoms with van der Waals surface area (Å²) in [5.74, 6) is -0.279. The molecular formula is C28H27N3O7S. The first-order valence-corrected chi connectivity index (χ1v) is 12.6. The third kappa shape index (κ3) is 5.68. The van der Waals surface area contributed by atoms with Crippen molar-refractivity contribution in [2.24, 2.45) is 0 Å². The van der Waals surface area contributed by atoms with E-state index in [0.29, 0.717) is 28.2 Å². The lowest BCUT2D eigenvalue weighted by molar-refractivity contribution is -0.131. The Morgan fingerprint density at radius 3 is 2.31 bits per heavy atom. The fourth-order valence-corrected chi connectivity index (χ4v) is 4.83. The highest BCUT2D eigenvalue weighted by Crippen LogP contribution is 2.34. The van der Waals surface area contributed by atoms with Gasteiger partial charge in [0.1, 0.15) is 16.4 Å². The van der Waals surface area contributed by atoms with Gasteiger partial charge in [0, 0.05) is 28.7 Å². The lowest BCUT2D eigenvalue weighted by Crippen LogP contribution is -2.08. The molecule has 0 amide bonds. The molecule has 1 N–H and O–H groups in total. The number of hydrogen-bond donors (Lipinski definition) is 1. The Balaban J connectivity index is 1.68. The van der Waals surface area contributed by atoms with Gasteiger partial charge < -0.3 is 28.3 Å². The van der Waals surface area contributed by atoms with Crippen molar-refractivity contribution in [3.8, 4) is 28.6 Å². The average Bonchev–Trinajstić information content (AvgIpc) is 3.51. The molecule has 10 nitrogen and oxygen atoms in total. The van der Waals surface area contributed by atoms with Gasteiger partial charge in [-0.25, -0.2) is 9.59 Å². The molecule has 0 spiro atoms. The van der Waals surface area contributed by atoms with E-state index in [1.54, 1.807) is 36.4 Å². The SMILES string of the molecule is COC(=O)c1cccc(-n2c(C)cc(/C=C(/Sc3nnc(-c4cc(OC)cc(OC)c4)o3)C(=O)O)c2C)c1C. The molecule has 0 unspecified atom stereocenters. The first kappa shape index (κ1) is 27.5. The van der Waals surface area contributed by atoms with Crippen LogP contribution in [0.2, 0.25) is 0 Å². The number of ether oxygens (including phenoxy) is 3. The van der Waals surface area contributed by atoms with Crippen LogP contribution >= 0.6 is 11.8 Å². The van der Waals surface area contributed by atoms with Crippen molar-refractivity contribution in [2.75, 3.05) is 21.3 Å². The maximum absolute atomic E-state index is 12.2. The van der Waals surface area contributed by atoms with Crippen LogP contribution in [0.1, 0.15) is 32.9 Å². The number of benzene rings is 2. The highest BCUT2D eigenvalue weighted by Gasteiger charge is 2.20. The topological polar surface area (TPSA) is 126 Å². The molecule has 0 aliphatic rings. The summed E-state index contributed by atoms with van der Waals surface area (Å²) in [7, 11) is 4.41. The van der Waals surface area contributed by atoms with Crippen molar-refractivity contribution >= 4 is 29.8 Å². The summed E-state index contributed by atoms with van der Waals surface area (Å²) < 4.78 is 23.2. The van der Waals surface area contributed by atoms with Crippen molar-refractivity contribution in [1.82, 2.24) is 14.8 Å². The molecule has 202 valence electrons. The van der Waals surface area contributed by atoms with Gasteiger partial charge in [-0.2, -0.15) is 0 Å². The monoisotopic (exact) mass is 549 g/mol. The highest BCUT2D eigenvalue weighted by atomic mass is 32.2. The predicted molar refractivity (Wildman–Crippen MR) is 146 cm³/mol. The standard InChI is InChI=1S/C28H27N3O7S/c1-15-10-18(17(3)31(15)23-9-7-8-22(16(23)2)27(34)37-6)13-24(26(32)33)39-28-30-29-25(38-28)19-11-20(35-4)14-21(12-19)36-5/h7-14H,1-6H3,(H,32,33)/b24-13+. The Bertz CT molecular complexity index is 1560. The number of esters is 1. The van der Waals surface area contributed by atoms with E-state index in [9.17, 15) is 14.7 Å². The smallest absolute Gasteiger partial charge is 0.342 e. The van der Waals surface area contributed by atoms with Gasteiger partial charge in [0.05, 0.1) is 26.9 Å². The minimum atomic E-state index is -1.14. The second kappa shape index (κ2) is 11.5. The second-order valence-corrected chi connectivity index (χ2v) is 9.49. The number of carbonyl (C=O) groups is 2. The molecule has 2 aromatic heterocycles. The van der Waals surface area contributed by atoms with E-state index in [0.717, 1.165) is 34.4 Å². The predicted octanol–water partition coefficient (Wildman–Crippen LogP) is 5.47. The van der Waals surface area contributed by atoms with E-state index < -0.39 is 11.9 Å². The first-order chi connectivity index (χ1) is 18.7. The molecule has 4 rings (SSSR count). The van der Waals surface area contributed by atoms with E-state index >= 15 is 0 Å². The lowest BCUT2D eigenvalue weighted by Gasteiger charge is -2.15. The molecule has 2 heterocycles. The third-order valence-electron chi connectivity index (χ3n) is 6.12. The number of rotatable bonds is 9. The van der Waals surface area contributed by atoms with Gasteiger partial charge in [-0.3, -0.25) is 0 Å². The molecule has 0 radical (unpaired) electrons. The number of aromatic nitrogens is 3. The van der Waals surface area contributed by atoms with Crippen LogP contribution in [0, 0.1) is 20.8 Å². The van der Waals surface area contributed by atoms with Crippen molar-refractivity contribution in [3.05, 3.63) is 75.4 Å². The van der Waals surface area contributed by atoms with Gasteiger partial charge >= 0.3 is 11.9 Å². The maximum Gasteiger partial charge on any atom is 0.342 e. The zero-order valence-electron chi connectivity index (χ0n) is 22.3. The number of aliphatic carboxylic acids is 1. The molecular weight excluding hydrogens is 522 g/mol. The summed E-state index contributed by atoms with van der Waals surface area (Å²) >= 11 is 0.848. The molecule has 4 aromatic rings. The van der Waals surface area contributed by atoms with Crippen molar-refractivity contribution in [1.29, 1.82) is 0 Å². The largest absolute Gasteiger partial charge is 0.497 e. The van der Waals surface area contributed by atoms with E-state index in [4.69, 9.17) is 18.6 Å². The highest BCUT2D eigenvalue weighted by molar-refractivity contribution is 8.03. The zero-order valence-corrected chi connectivity index (χ0v) is 23.1. The molecule has 0 saturated carbocycles. The van der Waals surface area contributed by atoms with Crippen LogP contribution in [0.3, 0.4) is 0 Å². The quantitative estimate of drug-likeness (QED) is 0.163. The molecule has 0 fully saturated rings. The number of thioether (sulfide) groups is 1. The van der Waals surface area contributed by atoms with Crippen molar-refractivity contribution in [3.63, 3.8) is 0 Å². The number of carboxylic acids is 1. The third-order valence-corrected chi connectivity index (χ3v) is 6.97. The van der Waals surface area contributed by atoms with E-state index in [1.807, 2.05) is 37.5 Å². The van der Waals surface area contributed by atoms with Gasteiger partial charge in [0.25, 0.3) is 5.22 Å². The van der Waals surface area contributed by atoms with Crippen LogP contribution in [0.25, 0.3) is 23.2 Å². The Hall–Kier alpha value is -4.51. The van der Waals surface area contributed by atoms with Gasteiger partial charge in [0.15, 0.2) is 0 Å². The minimum absolute atomic E-state index is 0.00583. The van der Waals surface area contributed by atoms with Crippen LogP contribution in [-0.2, 0) is 9.53 Å². The van der Waals surface area contributed by atoms with Crippen LogP contribution < -0.4 is 9.47 Å². The number of aryl methyl sites for hydroxylation is 1. The molecule has 11 heteroatoms. The number of carboxylic acid groups (broad SMARTS) is 1. The fourth-order valence-electron chi connectivity index (χ4n) is 4.17. The zero-order chi connectivity index (χ0) is 28.3. The Morgan fingerprint density at radius 1 is 1.00 bits per heavy atom. The molecule has 0 aliphatic carbocycles. The Kier molecular flexibility index (Phi) is 8.10. The van der Waals surface area contributed by atoms with Gasteiger partial charge in [-0.1, -0.05) is 6.07 Å². The van der Waals surface area contributed by atoms with Crippen LogP contribution in [-0.4, -0.2) is 53.1 Å².